The number of rotatable bonds is 6. The molecule has 3 aromatic rings. The minimum absolute atomic E-state index is 0.173. The minimum atomic E-state index is -0.248. The predicted molar refractivity (Wildman–Crippen MR) is 115 cm³/mol. The summed E-state index contributed by atoms with van der Waals surface area (Å²) in [6.07, 6.45) is 0. The van der Waals surface area contributed by atoms with E-state index in [0.29, 0.717) is 25.7 Å². The average molecular weight is 433 g/mol. The van der Waals surface area contributed by atoms with Crippen molar-refractivity contribution < 1.29 is 9.59 Å². The first-order valence-corrected chi connectivity index (χ1v) is 10.5. The molecule has 0 aliphatic carbocycles. The number of aryl methyl sites for hydroxylation is 2. The summed E-state index contributed by atoms with van der Waals surface area (Å²) in [5.41, 5.74) is 3.22. The normalized spacial score (nSPS) is 10.5. The van der Waals surface area contributed by atoms with Crippen molar-refractivity contribution in [1.82, 2.24) is 10.2 Å². The molecule has 0 radical (unpaired) electrons. The van der Waals surface area contributed by atoms with Gasteiger partial charge in [0.15, 0.2) is 4.34 Å². The van der Waals surface area contributed by atoms with E-state index in [1.807, 2.05) is 32.0 Å². The molecular weight excluding hydrogens is 416 g/mol. The number of benzene rings is 2. The van der Waals surface area contributed by atoms with Gasteiger partial charge in [-0.05, 0) is 43.7 Å². The quantitative estimate of drug-likeness (QED) is 0.432. The third-order valence-electron chi connectivity index (χ3n) is 3.72. The van der Waals surface area contributed by atoms with E-state index in [0.717, 1.165) is 11.1 Å². The molecule has 6 nitrogen and oxygen atoms in total. The molecule has 0 fully saturated rings. The summed E-state index contributed by atoms with van der Waals surface area (Å²) in [4.78, 5) is 24.3. The van der Waals surface area contributed by atoms with Gasteiger partial charge in [0.25, 0.3) is 5.91 Å². The average Bonchev–Trinajstić information content (AvgIpc) is 3.11. The topological polar surface area (TPSA) is 84.0 Å². The summed E-state index contributed by atoms with van der Waals surface area (Å²) in [6, 6.07) is 12.6. The number of carbonyl (C=O) groups is 2. The molecule has 0 bridgehead atoms. The molecular formula is C19H17ClN4O2S2. The van der Waals surface area contributed by atoms with Crippen molar-refractivity contribution >= 4 is 57.3 Å². The van der Waals surface area contributed by atoms with Crippen molar-refractivity contribution in [3.63, 3.8) is 0 Å². The first-order valence-electron chi connectivity index (χ1n) is 8.31. The maximum Gasteiger partial charge on any atom is 0.257 e. The fourth-order valence-corrected chi connectivity index (χ4v) is 3.92. The number of hydrogen-bond acceptors (Lipinski definition) is 6. The molecule has 0 spiro atoms. The molecule has 1 heterocycles. The van der Waals surface area contributed by atoms with Crippen LogP contribution in [0.25, 0.3) is 0 Å². The molecule has 9 heteroatoms. The van der Waals surface area contributed by atoms with E-state index >= 15 is 0 Å². The Morgan fingerprint density at radius 1 is 1.07 bits per heavy atom. The number of carbonyl (C=O) groups excluding carboxylic acids is 2. The summed E-state index contributed by atoms with van der Waals surface area (Å²) >= 11 is 8.53. The van der Waals surface area contributed by atoms with E-state index in [1.54, 1.807) is 24.3 Å². The maximum atomic E-state index is 12.2. The lowest BCUT2D eigenvalue weighted by Gasteiger charge is -2.06. The summed E-state index contributed by atoms with van der Waals surface area (Å²) in [7, 11) is 0. The molecule has 0 unspecified atom stereocenters. The smallest absolute Gasteiger partial charge is 0.257 e. The van der Waals surface area contributed by atoms with Gasteiger partial charge in [0, 0.05) is 16.3 Å². The highest BCUT2D eigenvalue weighted by molar-refractivity contribution is 8.01. The van der Waals surface area contributed by atoms with E-state index in [1.165, 1.54) is 23.1 Å². The monoisotopic (exact) mass is 432 g/mol. The molecule has 1 aromatic heterocycles. The van der Waals surface area contributed by atoms with Crippen LogP contribution in [0.5, 0.6) is 0 Å². The van der Waals surface area contributed by atoms with Gasteiger partial charge in [-0.15, -0.1) is 10.2 Å². The van der Waals surface area contributed by atoms with E-state index in [4.69, 9.17) is 11.6 Å². The molecule has 0 saturated heterocycles. The standard InChI is InChI=1S/C19H17ClN4O2S2/c1-11-3-6-13(7-4-11)17(26)22-18-23-24-19(28-18)27-10-16(25)21-14-8-5-12(2)15(20)9-14/h3-9H,10H2,1-2H3,(H,21,25)(H,22,23,26). The largest absolute Gasteiger partial charge is 0.325 e. The molecule has 3 rings (SSSR count). The Labute approximate surface area is 175 Å². The SMILES string of the molecule is Cc1ccc(C(=O)Nc2nnc(SCC(=O)Nc3ccc(C)c(Cl)c3)s2)cc1. The fourth-order valence-electron chi connectivity index (χ4n) is 2.19. The Morgan fingerprint density at radius 3 is 2.54 bits per heavy atom. The lowest BCUT2D eigenvalue weighted by molar-refractivity contribution is -0.113. The number of halogens is 1. The van der Waals surface area contributed by atoms with Gasteiger partial charge in [0.1, 0.15) is 0 Å². The highest BCUT2D eigenvalue weighted by Gasteiger charge is 2.12. The molecule has 0 aliphatic rings. The molecule has 144 valence electrons. The van der Waals surface area contributed by atoms with Gasteiger partial charge in [-0.1, -0.05) is 58.5 Å². The number of nitrogens with zero attached hydrogens (tertiary/aromatic N) is 2. The van der Waals surface area contributed by atoms with Gasteiger partial charge >= 0.3 is 0 Å². The lowest BCUT2D eigenvalue weighted by Crippen LogP contribution is -2.13. The zero-order valence-corrected chi connectivity index (χ0v) is 17.5. The number of anilines is 2. The van der Waals surface area contributed by atoms with Gasteiger partial charge in [0.05, 0.1) is 5.75 Å². The van der Waals surface area contributed by atoms with Crippen molar-refractivity contribution in [2.45, 2.75) is 18.2 Å². The Bertz CT molecular complexity index is 1010. The molecule has 2 N–H and O–H groups in total. The first-order chi connectivity index (χ1) is 13.4. The summed E-state index contributed by atoms with van der Waals surface area (Å²) in [5, 5.41) is 14.4. The second kappa shape index (κ2) is 9.18. The summed E-state index contributed by atoms with van der Waals surface area (Å²) < 4.78 is 0.594. The zero-order chi connectivity index (χ0) is 20.1. The summed E-state index contributed by atoms with van der Waals surface area (Å²) in [6.45, 7) is 3.86. The number of aromatic nitrogens is 2. The third-order valence-corrected chi connectivity index (χ3v) is 6.10. The molecule has 28 heavy (non-hydrogen) atoms. The number of thioether (sulfide) groups is 1. The van der Waals surface area contributed by atoms with Crippen molar-refractivity contribution in [1.29, 1.82) is 0 Å². The second-order valence-electron chi connectivity index (χ2n) is 5.99. The van der Waals surface area contributed by atoms with Crippen molar-refractivity contribution in [3.05, 3.63) is 64.2 Å². The van der Waals surface area contributed by atoms with Crippen LogP contribution in [0.3, 0.4) is 0 Å². The van der Waals surface area contributed by atoms with Crippen LogP contribution in [0.1, 0.15) is 21.5 Å². The van der Waals surface area contributed by atoms with Crippen LogP contribution in [0.15, 0.2) is 46.8 Å². The van der Waals surface area contributed by atoms with Gasteiger partial charge < -0.3 is 5.32 Å². The van der Waals surface area contributed by atoms with Gasteiger partial charge in [0.2, 0.25) is 11.0 Å². The molecule has 2 amide bonds. The van der Waals surface area contributed by atoms with Crippen LogP contribution in [-0.2, 0) is 4.79 Å². The first kappa shape index (κ1) is 20.3. The van der Waals surface area contributed by atoms with E-state index in [2.05, 4.69) is 20.8 Å². The second-order valence-corrected chi connectivity index (χ2v) is 8.60. The van der Waals surface area contributed by atoms with Crippen LogP contribution in [-0.4, -0.2) is 27.8 Å². The summed E-state index contributed by atoms with van der Waals surface area (Å²) in [5.74, 6) is -0.251. The predicted octanol–water partition coefficient (Wildman–Crippen LogP) is 4.79. The Hall–Kier alpha value is -2.42. The van der Waals surface area contributed by atoms with Crippen LogP contribution in [0.4, 0.5) is 10.8 Å². The third kappa shape index (κ3) is 5.54. The van der Waals surface area contributed by atoms with Crippen LogP contribution < -0.4 is 10.6 Å². The highest BCUT2D eigenvalue weighted by Crippen LogP contribution is 2.26. The molecule has 0 atom stereocenters. The highest BCUT2D eigenvalue weighted by atomic mass is 35.5. The Kier molecular flexibility index (Phi) is 6.66. The van der Waals surface area contributed by atoms with Gasteiger partial charge in [-0.3, -0.25) is 14.9 Å². The van der Waals surface area contributed by atoms with Gasteiger partial charge in [-0.2, -0.15) is 0 Å². The van der Waals surface area contributed by atoms with E-state index < -0.39 is 0 Å². The van der Waals surface area contributed by atoms with Crippen LogP contribution in [0, 0.1) is 13.8 Å². The van der Waals surface area contributed by atoms with E-state index in [-0.39, 0.29) is 17.6 Å². The molecule has 0 aliphatic heterocycles. The molecule has 0 saturated carbocycles. The Morgan fingerprint density at radius 2 is 1.82 bits per heavy atom. The molecule has 2 aromatic carbocycles. The number of hydrogen-bond donors (Lipinski definition) is 2. The van der Waals surface area contributed by atoms with Crippen molar-refractivity contribution in [2.24, 2.45) is 0 Å². The van der Waals surface area contributed by atoms with Crippen LogP contribution >= 0.6 is 34.7 Å². The van der Waals surface area contributed by atoms with Crippen LogP contribution in [0.2, 0.25) is 5.02 Å². The number of nitrogens with one attached hydrogen (secondary N) is 2. The fraction of sp³-hybridized carbons (Fsp3) is 0.158. The lowest BCUT2D eigenvalue weighted by atomic mass is 10.1. The van der Waals surface area contributed by atoms with Gasteiger partial charge in [-0.25, -0.2) is 0 Å². The number of amides is 2. The van der Waals surface area contributed by atoms with E-state index in [9.17, 15) is 9.59 Å². The zero-order valence-electron chi connectivity index (χ0n) is 15.2. The van der Waals surface area contributed by atoms with Crippen molar-refractivity contribution in [2.75, 3.05) is 16.4 Å². The maximum absolute atomic E-state index is 12.2. The minimum Gasteiger partial charge on any atom is -0.325 e. The van der Waals surface area contributed by atoms with Crippen molar-refractivity contribution in [3.8, 4) is 0 Å². The Balaban J connectivity index is 1.51.